The van der Waals surface area contributed by atoms with E-state index in [1.165, 1.54) is 12.7 Å². The highest BCUT2D eigenvalue weighted by molar-refractivity contribution is 5.97. The fourth-order valence-electron chi connectivity index (χ4n) is 2.53. The molecule has 0 aliphatic carbocycles. The van der Waals surface area contributed by atoms with Gasteiger partial charge in [-0.3, -0.25) is 4.79 Å². The molecule has 0 saturated heterocycles. The van der Waals surface area contributed by atoms with Gasteiger partial charge in [0, 0.05) is 11.4 Å². The van der Waals surface area contributed by atoms with Crippen LogP contribution in [0.1, 0.15) is 41.3 Å². The fraction of sp³-hybridized carbons (Fsp3) is 0.300. The number of carbonyl (C=O) groups excluding carboxylic acids is 2. The third kappa shape index (κ3) is 4.83. The minimum atomic E-state index is -0.431. The number of esters is 1. The van der Waals surface area contributed by atoms with Gasteiger partial charge in [0.25, 0.3) is 0 Å². The lowest BCUT2D eigenvalue weighted by molar-refractivity contribution is -0.114. The number of ether oxygens (including phenoxy) is 1. The van der Waals surface area contributed by atoms with Crippen LogP contribution in [0.3, 0.4) is 0 Å². The Bertz CT molecular complexity index is 769. The molecule has 0 saturated carbocycles. The quantitative estimate of drug-likeness (QED) is 0.781. The lowest BCUT2D eigenvalue weighted by Gasteiger charge is -2.15. The van der Waals surface area contributed by atoms with E-state index in [0.29, 0.717) is 17.2 Å². The maximum absolute atomic E-state index is 12.3. The molecule has 132 valence electrons. The summed E-state index contributed by atoms with van der Waals surface area (Å²) in [4.78, 5) is 23.9. The summed E-state index contributed by atoms with van der Waals surface area (Å²) in [6.45, 7) is 6.24. The minimum absolute atomic E-state index is 0.144. The number of methoxy groups -OCH3 is 1. The molecule has 5 heteroatoms. The Morgan fingerprint density at radius 2 is 1.80 bits per heavy atom. The standard InChI is InChI=1S/C20H24N2O3/c1-13(2)16-7-5-6-8-17(16)21-12-19(23)22-18-11-15(20(24)25-4)10-9-14(18)3/h5-11,13,21H,12H2,1-4H3,(H,22,23). The van der Waals surface area contributed by atoms with Gasteiger partial charge in [0.15, 0.2) is 0 Å². The van der Waals surface area contributed by atoms with Gasteiger partial charge < -0.3 is 15.4 Å². The first-order valence-corrected chi connectivity index (χ1v) is 8.24. The summed E-state index contributed by atoms with van der Waals surface area (Å²) in [5, 5.41) is 6.02. The molecule has 2 aromatic rings. The average molecular weight is 340 g/mol. The van der Waals surface area contributed by atoms with Gasteiger partial charge in [-0.15, -0.1) is 0 Å². The first kappa shape index (κ1) is 18.5. The van der Waals surface area contributed by atoms with Crippen molar-refractivity contribution in [3.8, 4) is 0 Å². The van der Waals surface area contributed by atoms with Gasteiger partial charge in [-0.2, -0.15) is 0 Å². The number of rotatable bonds is 6. The number of amides is 1. The molecule has 2 aromatic carbocycles. The van der Waals surface area contributed by atoms with Crippen molar-refractivity contribution in [2.45, 2.75) is 26.7 Å². The molecule has 0 aliphatic heterocycles. The van der Waals surface area contributed by atoms with Crippen molar-refractivity contribution in [2.75, 3.05) is 24.3 Å². The number of anilines is 2. The molecule has 0 bridgehead atoms. The molecule has 2 rings (SSSR count). The predicted octanol–water partition coefficient (Wildman–Crippen LogP) is 3.96. The highest BCUT2D eigenvalue weighted by Crippen LogP contribution is 2.23. The van der Waals surface area contributed by atoms with E-state index >= 15 is 0 Å². The Balaban J connectivity index is 2.05. The maximum atomic E-state index is 12.3. The first-order valence-electron chi connectivity index (χ1n) is 8.24. The van der Waals surface area contributed by atoms with Crippen LogP contribution < -0.4 is 10.6 Å². The number of para-hydroxylation sites is 1. The van der Waals surface area contributed by atoms with Crippen molar-refractivity contribution in [3.63, 3.8) is 0 Å². The van der Waals surface area contributed by atoms with E-state index in [4.69, 9.17) is 4.74 Å². The average Bonchev–Trinajstić information content (AvgIpc) is 2.61. The van der Waals surface area contributed by atoms with Crippen LogP contribution in [0.25, 0.3) is 0 Å². The summed E-state index contributed by atoms with van der Waals surface area (Å²) in [6, 6.07) is 13.0. The van der Waals surface area contributed by atoms with E-state index in [9.17, 15) is 9.59 Å². The molecule has 0 radical (unpaired) electrons. The highest BCUT2D eigenvalue weighted by Gasteiger charge is 2.11. The van der Waals surface area contributed by atoms with Gasteiger partial charge in [0.2, 0.25) is 5.91 Å². The molecule has 0 aromatic heterocycles. The van der Waals surface area contributed by atoms with Crippen LogP contribution >= 0.6 is 0 Å². The Kier molecular flexibility index (Phi) is 6.17. The second-order valence-electron chi connectivity index (χ2n) is 6.16. The third-order valence-corrected chi connectivity index (χ3v) is 3.95. The topological polar surface area (TPSA) is 67.4 Å². The smallest absolute Gasteiger partial charge is 0.337 e. The number of hydrogen-bond donors (Lipinski definition) is 2. The normalized spacial score (nSPS) is 10.4. The Hall–Kier alpha value is -2.82. The van der Waals surface area contributed by atoms with Crippen LogP contribution in [0.2, 0.25) is 0 Å². The van der Waals surface area contributed by atoms with Gasteiger partial charge >= 0.3 is 5.97 Å². The number of hydrogen-bond acceptors (Lipinski definition) is 4. The van der Waals surface area contributed by atoms with E-state index in [0.717, 1.165) is 11.3 Å². The zero-order chi connectivity index (χ0) is 18.4. The summed E-state index contributed by atoms with van der Waals surface area (Å²) >= 11 is 0. The maximum Gasteiger partial charge on any atom is 0.337 e. The molecule has 0 heterocycles. The summed E-state index contributed by atoms with van der Waals surface area (Å²) in [5.74, 6) is -0.242. The van der Waals surface area contributed by atoms with Gasteiger partial charge in [0.05, 0.1) is 19.2 Å². The number of nitrogens with one attached hydrogen (secondary N) is 2. The largest absolute Gasteiger partial charge is 0.465 e. The SMILES string of the molecule is COC(=O)c1ccc(C)c(NC(=O)CNc2ccccc2C(C)C)c1. The first-order chi connectivity index (χ1) is 11.9. The van der Waals surface area contributed by atoms with Crippen LogP contribution in [0.5, 0.6) is 0 Å². The number of aryl methyl sites for hydroxylation is 1. The van der Waals surface area contributed by atoms with Gasteiger partial charge in [-0.25, -0.2) is 4.79 Å². The van der Waals surface area contributed by atoms with Crippen molar-refractivity contribution in [1.82, 2.24) is 0 Å². The predicted molar refractivity (Wildman–Crippen MR) is 100 cm³/mol. The molecule has 0 atom stereocenters. The second-order valence-corrected chi connectivity index (χ2v) is 6.16. The summed E-state index contributed by atoms with van der Waals surface area (Å²) in [5.41, 5.74) is 4.00. The van der Waals surface area contributed by atoms with Gasteiger partial charge in [-0.1, -0.05) is 38.1 Å². The zero-order valence-corrected chi connectivity index (χ0v) is 15.1. The molecule has 0 spiro atoms. The molecule has 0 unspecified atom stereocenters. The van der Waals surface area contributed by atoms with E-state index < -0.39 is 5.97 Å². The molecule has 1 amide bonds. The Morgan fingerprint density at radius 3 is 2.48 bits per heavy atom. The highest BCUT2D eigenvalue weighted by atomic mass is 16.5. The third-order valence-electron chi connectivity index (χ3n) is 3.95. The van der Waals surface area contributed by atoms with E-state index in [1.807, 2.05) is 25.1 Å². The van der Waals surface area contributed by atoms with Gasteiger partial charge in [0.1, 0.15) is 0 Å². The molecule has 2 N–H and O–H groups in total. The van der Waals surface area contributed by atoms with Crippen molar-refractivity contribution >= 4 is 23.3 Å². The Labute approximate surface area is 148 Å². The summed E-state index contributed by atoms with van der Waals surface area (Å²) < 4.78 is 4.71. The zero-order valence-electron chi connectivity index (χ0n) is 15.1. The van der Waals surface area contributed by atoms with Crippen LogP contribution in [0.15, 0.2) is 42.5 Å². The van der Waals surface area contributed by atoms with Crippen LogP contribution in [-0.2, 0) is 9.53 Å². The van der Waals surface area contributed by atoms with E-state index in [-0.39, 0.29) is 12.5 Å². The van der Waals surface area contributed by atoms with Crippen molar-refractivity contribution in [2.24, 2.45) is 0 Å². The lowest BCUT2D eigenvalue weighted by atomic mass is 10.0. The summed E-state index contributed by atoms with van der Waals surface area (Å²) in [6.07, 6.45) is 0. The molecular formula is C20H24N2O3. The molecule has 5 nitrogen and oxygen atoms in total. The van der Waals surface area contributed by atoms with Crippen LogP contribution in [-0.4, -0.2) is 25.5 Å². The Morgan fingerprint density at radius 1 is 1.08 bits per heavy atom. The molecule has 25 heavy (non-hydrogen) atoms. The lowest BCUT2D eigenvalue weighted by Crippen LogP contribution is -2.23. The summed E-state index contributed by atoms with van der Waals surface area (Å²) in [7, 11) is 1.33. The monoisotopic (exact) mass is 340 g/mol. The fourth-order valence-corrected chi connectivity index (χ4v) is 2.53. The number of benzene rings is 2. The van der Waals surface area contributed by atoms with E-state index in [2.05, 4.69) is 30.5 Å². The molecular weight excluding hydrogens is 316 g/mol. The number of carbonyl (C=O) groups is 2. The minimum Gasteiger partial charge on any atom is -0.465 e. The van der Waals surface area contributed by atoms with Gasteiger partial charge in [-0.05, 0) is 42.2 Å². The van der Waals surface area contributed by atoms with Crippen molar-refractivity contribution < 1.29 is 14.3 Å². The van der Waals surface area contributed by atoms with E-state index in [1.54, 1.807) is 18.2 Å². The van der Waals surface area contributed by atoms with Crippen molar-refractivity contribution in [3.05, 3.63) is 59.2 Å². The molecule has 0 aliphatic rings. The van der Waals surface area contributed by atoms with Crippen molar-refractivity contribution in [1.29, 1.82) is 0 Å². The van der Waals surface area contributed by atoms with Crippen LogP contribution in [0.4, 0.5) is 11.4 Å². The second kappa shape index (κ2) is 8.33. The molecule has 0 fully saturated rings. The van der Waals surface area contributed by atoms with Crippen LogP contribution in [0, 0.1) is 6.92 Å².